The molecule has 1 aromatic heterocycles. The molecular weight excluding hydrogens is 231 g/mol. The van der Waals surface area contributed by atoms with Gasteiger partial charge in [-0.05, 0) is 25.0 Å². The molecule has 98 valence electrons. The van der Waals surface area contributed by atoms with Crippen molar-refractivity contribution in [1.82, 2.24) is 9.88 Å². The molecule has 1 amide bonds. The molecule has 1 heterocycles. The highest BCUT2D eigenvalue weighted by molar-refractivity contribution is 5.94. The fourth-order valence-corrected chi connectivity index (χ4v) is 2.55. The lowest BCUT2D eigenvalue weighted by atomic mass is 10.1. The molecular formula is C14H19FN2O. The summed E-state index contributed by atoms with van der Waals surface area (Å²) in [6, 6.07) is 3.33. The molecule has 1 aliphatic rings. The average Bonchev–Trinajstić information content (AvgIpc) is 2.66. The zero-order valence-corrected chi connectivity index (χ0v) is 10.7. The van der Waals surface area contributed by atoms with Crippen molar-refractivity contribution in [1.29, 1.82) is 0 Å². The van der Waals surface area contributed by atoms with Crippen molar-refractivity contribution in [3.05, 3.63) is 29.8 Å². The van der Waals surface area contributed by atoms with E-state index in [4.69, 9.17) is 0 Å². The molecule has 0 radical (unpaired) electrons. The molecule has 0 unspecified atom stereocenters. The van der Waals surface area contributed by atoms with Crippen molar-refractivity contribution in [2.75, 3.05) is 7.05 Å². The highest BCUT2D eigenvalue weighted by Crippen LogP contribution is 2.22. The summed E-state index contributed by atoms with van der Waals surface area (Å²) in [5, 5.41) is 0. The van der Waals surface area contributed by atoms with Gasteiger partial charge in [0.2, 0.25) is 5.95 Å². The van der Waals surface area contributed by atoms with E-state index in [0.29, 0.717) is 0 Å². The molecule has 0 N–H and O–H groups in total. The minimum Gasteiger partial charge on any atom is -0.339 e. The number of amides is 1. The van der Waals surface area contributed by atoms with Gasteiger partial charge in [0.15, 0.2) is 0 Å². The Bertz CT molecular complexity index is 414. The molecule has 1 aliphatic carbocycles. The number of nitrogens with zero attached hydrogens (tertiary/aromatic N) is 2. The lowest BCUT2D eigenvalue weighted by molar-refractivity contribution is 0.0712. The Morgan fingerprint density at radius 1 is 1.33 bits per heavy atom. The third kappa shape index (κ3) is 2.86. The Morgan fingerprint density at radius 3 is 2.61 bits per heavy atom. The second-order valence-corrected chi connectivity index (χ2v) is 4.90. The van der Waals surface area contributed by atoms with Crippen LogP contribution in [0, 0.1) is 5.95 Å². The SMILES string of the molecule is CN(C(=O)c1cccnc1F)C1CCCCCC1. The maximum Gasteiger partial charge on any atom is 0.258 e. The van der Waals surface area contributed by atoms with Crippen LogP contribution >= 0.6 is 0 Å². The molecule has 4 heteroatoms. The van der Waals surface area contributed by atoms with E-state index in [1.165, 1.54) is 25.1 Å². The van der Waals surface area contributed by atoms with E-state index >= 15 is 0 Å². The summed E-state index contributed by atoms with van der Waals surface area (Å²) in [7, 11) is 1.77. The number of carbonyl (C=O) groups excluding carboxylic acids is 1. The highest BCUT2D eigenvalue weighted by atomic mass is 19.1. The van der Waals surface area contributed by atoms with Crippen molar-refractivity contribution in [2.45, 2.75) is 44.6 Å². The first-order valence-electron chi connectivity index (χ1n) is 6.58. The van der Waals surface area contributed by atoms with Crippen molar-refractivity contribution in [2.24, 2.45) is 0 Å². The fraction of sp³-hybridized carbons (Fsp3) is 0.571. The van der Waals surface area contributed by atoms with Crippen LogP contribution in [0.3, 0.4) is 0 Å². The number of rotatable bonds is 2. The first kappa shape index (κ1) is 13.0. The molecule has 2 rings (SSSR count). The van der Waals surface area contributed by atoms with Gasteiger partial charge in [-0.3, -0.25) is 4.79 Å². The van der Waals surface area contributed by atoms with Crippen molar-refractivity contribution in [3.63, 3.8) is 0 Å². The lowest BCUT2D eigenvalue weighted by Gasteiger charge is -2.27. The summed E-state index contributed by atoms with van der Waals surface area (Å²) < 4.78 is 13.5. The van der Waals surface area contributed by atoms with Crippen molar-refractivity contribution in [3.8, 4) is 0 Å². The van der Waals surface area contributed by atoms with Gasteiger partial charge in [0.25, 0.3) is 5.91 Å². The predicted octanol–water partition coefficient (Wildman–Crippen LogP) is 3.02. The fourth-order valence-electron chi connectivity index (χ4n) is 2.55. The van der Waals surface area contributed by atoms with E-state index in [1.54, 1.807) is 18.0 Å². The highest BCUT2D eigenvalue weighted by Gasteiger charge is 2.24. The van der Waals surface area contributed by atoms with E-state index in [1.807, 2.05) is 0 Å². The van der Waals surface area contributed by atoms with Gasteiger partial charge >= 0.3 is 0 Å². The molecule has 18 heavy (non-hydrogen) atoms. The minimum atomic E-state index is -0.678. The van der Waals surface area contributed by atoms with Crippen LogP contribution in [0.15, 0.2) is 18.3 Å². The van der Waals surface area contributed by atoms with Crippen LogP contribution < -0.4 is 0 Å². The number of hydrogen-bond donors (Lipinski definition) is 0. The van der Waals surface area contributed by atoms with Crippen LogP contribution in [0.5, 0.6) is 0 Å². The summed E-state index contributed by atoms with van der Waals surface area (Å²) in [5.41, 5.74) is 0.0734. The van der Waals surface area contributed by atoms with Crippen LogP contribution in [-0.4, -0.2) is 28.9 Å². The zero-order valence-electron chi connectivity index (χ0n) is 10.7. The molecule has 3 nitrogen and oxygen atoms in total. The molecule has 1 saturated carbocycles. The molecule has 0 bridgehead atoms. The smallest absolute Gasteiger partial charge is 0.258 e. The summed E-state index contributed by atoms with van der Waals surface area (Å²) >= 11 is 0. The molecule has 1 fully saturated rings. The Labute approximate surface area is 107 Å². The van der Waals surface area contributed by atoms with E-state index in [-0.39, 0.29) is 17.5 Å². The van der Waals surface area contributed by atoms with Gasteiger partial charge < -0.3 is 4.90 Å². The van der Waals surface area contributed by atoms with E-state index in [0.717, 1.165) is 25.7 Å². The third-order valence-electron chi connectivity index (χ3n) is 3.68. The summed E-state index contributed by atoms with van der Waals surface area (Å²) in [5.74, 6) is -0.935. The Kier molecular flexibility index (Phi) is 4.28. The standard InChI is InChI=1S/C14H19FN2O/c1-17(11-7-4-2-3-5-8-11)14(18)12-9-6-10-16-13(12)15/h6,9-11H,2-5,7-8H2,1H3. The maximum atomic E-state index is 13.5. The van der Waals surface area contributed by atoms with Crippen LogP contribution in [0.4, 0.5) is 4.39 Å². The van der Waals surface area contributed by atoms with Gasteiger partial charge in [-0.25, -0.2) is 4.98 Å². The monoisotopic (exact) mass is 250 g/mol. The Hall–Kier alpha value is -1.45. The number of halogens is 1. The second-order valence-electron chi connectivity index (χ2n) is 4.90. The second kappa shape index (κ2) is 5.94. The largest absolute Gasteiger partial charge is 0.339 e. The van der Waals surface area contributed by atoms with Crippen molar-refractivity contribution >= 4 is 5.91 Å². The zero-order chi connectivity index (χ0) is 13.0. The van der Waals surface area contributed by atoms with E-state index in [2.05, 4.69) is 4.98 Å². The molecule has 0 atom stereocenters. The van der Waals surface area contributed by atoms with Gasteiger partial charge in [-0.1, -0.05) is 25.7 Å². The Balaban J connectivity index is 2.10. The predicted molar refractivity (Wildman–Crippen MR) is 67.8 cm³/mol. The summed E-state index contributed by atoms with van der Waals surface area (Å²) in [6.45, 7) is 0. The number of aromatic nitrogens is 1. The van der Waals surface area contributed by atoms with E-state index in [9.17, 15) is 9.18 Å². The molecule has 0 spiro atoms. The molecule has 0 aliphatic heterocycles. The van der Waals surface area contributed by atoms with E-state index < -0.39 is 5.95 Å². The molecule has 0 saturated heterocycles. The minimum absolute atomic E-state index is 0.0734. The average molecular weight is 250 g/mol. The lowest BCUT2D eigenvalue weighted by Crippen LogP contribution is -2.37. The first-order valence-corrected chi connectivity index (χ1v) is 6.58. The first-order chi connectivity index (χ1) is 8.70. The quantitative estimate of drug-likeness (QED) is 0.597. The summed E-state index contributed by atoms with van der Waals surface area (Å²) in [4.78, 5) is 17.4. The number of pyridine rings is 1. The molecule has 0 aromatic carbocycles. The van der Waals surface area contributed by atoms with Gasteiger partial charge in [0, 0.05) is 19.3 Å². The van der Waals surface area contributed by atoms with Crippen LogP contribution in [0.1, 0.15) is 48.9 Å². The molecule has 1 aromatic rings. The van der Waals surface area contributed by atoms with Crippen molar-refractivity contribution < 1.29 is 9.18 Å². The number of carbonyl (C=O) groups is 1. The van der Waals surface area contributed by atoms with Gasteiger partial charge in [0.05, 0.1) is 5.56 Å². The number of hydrogen-bond acceptors (Lipinski definition) is 2. The third-order valence-corrected chi connectivity index (χ3v) is 3.68. The van der Waals surface area contributed by atoms with Crippen LogP contribution in [0.2, 0.25) is 0 Å². The van der Waals surface area contributed by atoms with Crippen LogP contribution in [0.25, 0.3) is 0 Å². The van der Waals surface area contributed by atoms with Gasteiger partial charge in [0.1, 0.15) is 0 Å². The van der Waals surface area contributed by atoms with Gasteiger partial charge in [-0.15, -0.1) is 0 Å². The van der Waals surface area contributed by atoms with Gasteiger partial charge in [-0.2, -0.15) is 4.39 Å². The Morgan fingerprint density at radius 2 is 2.00 bits per heavy atom. The maximum absolute atomic E-state index is 13.5. The normalized spacial score (nSPS) is 17.2. The topological polar surface area (TPSA) is 33.2 Å². The van der Waals surface area contributed by atoms with Crippen LogP contribution in [-0.2, 0) is 0 Å². The summed E-state index contributed by atoms with van der Waals surface area (Å²) in [6.07, 6.45) is 8.17.